The molecule has 1 aliphatic heterocycles. The van der Waals surface area contributed by atoms with Gasteiger partial charge >= 0.3 is 0 Å². The molecule has 0 fully saturated rings. The van der Waals surface area contributed by atoms with Crippen molar-refractivity contribution >= 4 is 22.6 Å². The van der Waals surface area contributed by atoms with Crippen LogP contribution in [0.1, 0.15) is 38.9 Å². The summed E-state index contributed by atoms with van der Waals surface area (Å²) in [7, 11) is 0. The van der Waals surface area contributed by atoms with E-state index < -0.39 is 0 Å². The Kier molecular flexibility index (Phi) is 6.36. The van der Waals surface area contributed by atoms with Crippen LogP contribution in [0, 0.1) is 34.6 Å². The number of benzene rings is 4. The molecule has 4 aromatic rings. The van der Waals surface area contributed by atoms with Gasteiger partial charge in [0.15, 0.2) is 0 Å². The largest absolute Gasteiger partial charge is 0.456 e. The van der Waals surface area contributed by atoms with Crippen LogP contribution in [0.25, 0.3) is 5.57 Å². The van der Waals surface area contributed by atoms with Crippen molar-refractivity contribution in [2.45, 2.75) is 40.7 Å². The summed E-state index contributed by atoms with van der Waals surface area (Å²) in [5.41, 5.74) is 14.1. The average molecular weight is 511 g/mol. The third kappa shape index (κ3) is 4.66. The summed E-state index contributed by atoms with van der Waals surface area (Å²) in [5, 5.41) is 7.36. The van der Waals surface area contributed by atoms with Crippen LogP contribution in [0.4, 0.5) is 17.1 Å². The first-order valence-corrected chi connectivity index (χ1v) is 13.6. The predicted molar refractivity (Wildman–Crippen MR) is 164 cm³/mol. The molecule has 3 heteroatoms. The number of hydrogen-bond donors (Lipinski definition) is 2. The maximum atomic E-state index is 6.67. The van der Waals surface area contributed by atoms with Gasteiger partial charge in [0.2, 0.25) is 0 Å². The first-order chi connectivity index (χ1) is 18.9. The molecule has 0 bridgehead atoms. The van der Waals surface area contributed by atoms with Crippen LogP contribution in [0.15, 0.2) is 108 Å². The maximum Gasteiger partial charge on any atom is 0.137 e. The lowest BCUT2D eigenvalue weighted by Crippen LogP contribution is -2.22. The fraction of sp³-hybridized carbons (Fsp3) is 0.167. The Hall–Kier alpha value is -4.50. The zero-order chi connectivity index (χ0) is 27.1. The number of nitrogens with one attached hydrogen (secondary N) is 2. The lowest BCUT2D eigenvalue weighted by Gasteiger charge is -2.30. The van der Waals surface area contributed by atoms with Crippen molar-refractivity contribution in [3.8, 4) is 5.75 Å². The number of anilines is 3. The van der Waals surface area contributed by atoms with Gasteiger partial charge in [-0.2, -0.15) is 0 Å². The van der Waals surface area contributed by atoms with E-state index >= 15 is 0 Å². The number of para-hydroxylation sites is 2. The van der Waals surface area contributed by atoms with Crippen molar-refractivity contribution < 1.29 is 4.74 Å². The summed E-state index contributed by atoms with van der Waals surface area (Å²) in [6.07, 6.45) is 6.65. The standard InChI is InChI=1S/C36H34N2O/c1-22-10-6-7-15-29(22)34-30-18-16-27(37-35-23(2)11-8-12-24(35)3)20-32(30)39-33-21-28(17-19-31(33)34)38-36-25(4)13-9-14-26(36)5/h6-21,27,37-38H,1-5H3. The number of allylic oxidation sites excluding steroid dienone is 1. The molecule has 1 atom stereocenters. The van der Waals surface area contributed by atoms with Gasteiger partial charge in [-0.1, -0.05) is 72.8 Å². The van der Waals surface area contributed by atoms with Gasteiger partial charge in [0.1, 0.15) is 11.5 Å². The van der Waals surface area contributed by atoms with E-state index in [1.54, 1.807) is 0 Å². The van der Waals surface area contributed by atoms with Crippen molar-refractivity contribution in [2.75, 3.05) is 10.6 Å². The molecule has 3 nitrogen and oxygen atoms in total. The van der Waals surface area contributed by atoms with E-state index in [1.165, 1.54) is 44.6 Å². The van der Waals surface area contributed by atoms with Crippen molar-refractivity contribution in [1.29, 1.82) is 0 Å². The molecule has 2 N–H and O–H groups in total. The second-order valence-electron chi connectivity index (χ2n) is 10.6. The zero-order valence-corrected chi connectivity index (χ0v) is 23.2. The smallest absolute Gasteiger partial charge is 0.137 e. The Morgan fingerprint density at radius 2 is 1.28 bits per heavy atom. The summed E-state index contributed by atoms with van der Waals surface area (Å²) in [4.78, 5) is 0. The fourth-order valence-corrected chi connectivity index (χ4v) is 5.64. The van der Waals surface area contributed by atoms with Gasteiger partial charge in [0, 0.05) is 39.8 Å². The van der Waals surface area contributed by atoms with E-state index in [0.717, 1.165) is 34.0 Å². The van der Waals surface area contributed by atoms with Crippen molar-refractivity contribution in [3.05, 3.63) is 147 Å². The molecule has 1 aliphatic carbocycles. The third-order valence-electron chi connectivity index (χ3n) is 7.76. The van der Waals surface area contributed by atoms with E-state index in [0.29, 0.717) is 0 Å². The van der Waals surface area contributed by atoms with Gasteiger partial charge in [-0.3, -0.25) is 0 Å². The Bertz CT molecular complexity index is 1650. The molecule has 1 heterocycles. The highest BCUT2D eigenvalue weighted by Gasteiger charge is 2.28. The average Bonchev–Trinajstić information content (AvgIpc) is 2.92. The summed E-state index contributed by atoms with van der Waals surface area (Å²) in [6.45, 7) is 10.7. The Balaban J connectivity index is 1.44. The Labute approximate surface area is 231 Å². The molecular weight excluding hydrogens is 476 g/mol. The molecule has 6 rings (SSSR count). The summed E-state index contributed by atoms with van der Waals surface area (Å²) in [5.74, 6) is 1.75. The molecule has 2 aliphatic rings. The zero-order valence-electron chi connectivity index (χ0n) is 23.2. The van der Waals surface area contributed by atoms with E-state index in [9.17, 15) is 0 Å². The minimum Gasteiger partial charge on any atom is -0.456 e. The highest BCUT2D eigenvalue weighted by atomic mass is 16.5. The van der Waals surface area contributed by atoms with Gasteiger partial charge in [0.25, 0.3) is 0 Å². The fourth-order valence-electron chi connectivity index (χ4n) is 5.64. The molecule has 0 radical (unpaired) electrons. The molecule has 4 aromatic carbocycles. The first kappa shape index (κ1) is 24.8. The SMILES string of the molecule is Cc1ccccc1C1=C2C=CC(Nc3c(C)cccc3C)C=C2Oc2cc(Nc3c(C)cccc3C)ccc21. The minimum absolute atomic E-state index is 0.0270. The van der Waals surface area contributed by atoms with E-state index in [1.807, 2.05) is 0 Å². The number of ether oxygens (including phenoxy) is 1. The van der Waals surface area contributed by atoms with Crippen LogP contribution >= 0.6 is 0 Å². The van der Waals surface area contributed by atoms with E-state index in [4.69, 9.17) is 4.74 Å². The van der Waals surface area contributed by atoms with Crippen molar-refractivity contribution in [2.24, 2.45) is 0 Å². The molecule has 0 amide bonds. The maximum absolute atomic E-state index is 6.67. The Morgan fingerprint density at radius 3 is 1.97 bits per heavy atom. The van der Waals surface area contributed by atoms with Crippen LogP contribution in [0.5, 0.6) is 5.75 Å². The van der Waals surface area contributed by atoms with Crippen LogP contribution in [-0.4, -0.2) is 6.04 Å². The quantitative estimate of drug-likeness (QED) is 0.281. The number of hydrogen-bond acceptors (Lipinski definition) is 3. The molecule has 0 spiro atoms. The molecule has 0 saturated heterocycles. The van der Waals surface area contributed by atoms with Gasteiger partial charge in [-0.05, 0) is 86.2 Å². The molecule has 1 unspecified atom stereocenters. The lowest BCUT2D eigenvalue weighted by atomic mass is 9.85. The minimum atomic E-state index is 0.0270. The molecule has 39 heavy (non-hydrogen) atoms. The second kappa shape index (κ2) is 9.99. The van der Waals surface area contributed by atoms with Crippen molar-refractivity contribution in [1.82, 2.24) is 0 Å². The predicted octanol–water partition coefficient (Wildman–Crippen LogP) is 9.10. The monoisotopic (exact) mass is 510 g/mol. The topological polar surface area (TPSA) is 33.3 Å². The van der Waals surface area contributed by atoms with Crippen LogP contribution in [0.2, 0.25) is 0 Å². The van der Waals surface area contributed by atoms with E-state index in [2.05, 4.69) is 142 Å². The first-order valence-electron chi connectivity index (χ1n) is 13.6. The molecule has 0 saturated carbocycles. The number of fused-ring (bicyclic) bond motifs is 2. The molecular formula is C36H34N2O. The highest BCUT2D eigenvalue weighted by Crippen LogP contribution is 2.45. The number of rotatable bonds is 5. The second-order valence-corrected chi connectivity index (χ2v) is 10.6. The van der Waals surface area contributed by atoms with Crippen LogP contribution in [-0.2, 0) is 0 Å². The summed E-state index contributed by atoms with van der Waals surface area (Å²) >= 11 is 0. The van der Waals surface area contributed by atoms with Gasteiger partial charge in [0.05, 0.1) is 6.04 Å². The molecule has 194 valence electrons. The summed E-state index contributed by atoms with van der Waals surface area (Å²) < 4.78 is 6.67. The highest BCUT2D eigenvalue weighted by molar-refractivity contribution is 5.92. The van der Waals surface area contributed by atoms with Crippen LogP contribution < -0.4 is 15.4 Å². The normalized spacial score (nSPS) is 15.7. The lowest BCUT2D eigenvalue weighted by molar-refractivity contribution is 0.429. The van der Waals surface area contributed by atoms with Gasteiger partial charge < -0.3 is 15.4 Å². The molecule has 0 aromatic heterocycles. The van der Waals surface area contributed by atoms with Gasteiger partial charge in [-0.15, -0.1) is 0 Å². The Morgan fingerprint density at radius 1 is 0.641 bits per heavy atom. The third-order valence-corrected chi connectivity index (χ3v) is 7.76. The summed E-state index contributed by atoms with van der Waals surface area (Å²) in [6, 6.07) is 27.9. The van der Waals surface area contributed by atoms with E-state index in [-0.39, 0.29) is 6.04 Å². The number of aryl methyl sites for hydroxylation is 5. The van der Waals surface area contributed by atoms with Crippen molar-refractivity contribution in [3.63, 3.8) is 0 Å². The van der Waals surface area contributed by atoms with Gasteiger partial charge in [-0.25, -0.2) is 0 Å². The van der Waals surface area contributed by atoms with Crippen LogP contribution in [0.3, 0.4) is 0 Å².